The molecule has 1 aliphatic carbocycles. The highest BCUT2D eigenvalue weighted by molar-refractivity contribution is 14.1. The van der Waals surface area contributed by atoms with Gasteiger partial charge >= 0.3 is 0 Å². The Labute approximate surface area is 137 Å². The van der Waals surface area contributed by atoms with Gasteiger partial charge < -0.3 is 14.5 Å². The number of carbonyl (C=O) groups excluding carboxylic acids is 1. The third-order valence-corrected chi connectivity index (χ3v) is 4.29. The SMILES string of the molecule is O=C(COc1ccc(I)cc1)NC1CCCc2occc21. The van der Waals surface area contributed by atoms with E-state index in [0.29, 0.717) is 5.75 Å². The third-order valence-electron chi connectivity index (χ3n) is 3.57. The average Bonchev–Trinajstić information content (AvgIpc) is 2.96. The van der Waals surface area contributed by atoms with E-state index in [0.717, 1.165) is 34.2 Å². The molecule has 0 radical (unpaired) electrons. The maximum absolute atomic E-state index is 12.0. The molecule has 3 rings (SSSR count). The van der Waals surface area contributed by atoms with E-state index >= 15 is 0 Å². The Bertz CT molecular complexity index is 621. The summed E-state index contributed by atoms with van der Waals surface area (Å²) in [6, 6.07) is 9.62. The summed E-state index contributed by atoms with van der Waals surface area (Å²) in [4.78, 5) is 12.0. The Hall–Kier alpha value is -1.50. The molecule has 2 aromatic rings. The maximum Gasteiger partial charge on any atom is 0.258 e. The van der Waals surface area contributed by atoms with Crippen LogP contribution in [0.5, 0.6) is 5.75 Å². The summed E-state index contributed by atoms with van der Waals surface area (Å²) in [5, 5.41) is 3.02. The Balaban J connectivity index is 1.54. The molecule has 110 valence electrons. The van der Waals surface area contributed by atoms with E-state index in [1.807, 2.05) is 30.3 Å². The summed E-state index contributed by atoms with van der Waals surface area (Å²) in [5.74, 6) is 1.59. The van der Waals surface area contributed by atoms with E-state index in [9.17, 15) is 4.79 Å². The van der Waals surface area contributed by atoms with Gasteiger partial charge in [0.1, 0.15) is 11.5 Å². The van der Waals surface area contributed by atoms with Crippen molar-refractivity contribution < 1.29 is 13.9 Å². The first-order valence-electron chi connectivity index (χ1n) is 6.96. The molecular formula is C16H16INO3. The van der Waals surface area contributed by atoms with Gasteiger partial charge in [0.25, 0.3) is 5.91 Å². The number of carbonyl (C=O) groups is 1. The predicted octanol–water partition coefficient (Wildman–Crippen LogP) is 3.46. The number of amides is 1. The second-order valence-electron chi connectivity index (χ2n) is 5.05. The lowest BCUT2D eigenvalue weighted by Crippen LogP contribution is -2.34. The van der Waals surface area contributed by atoms with Crippen LogP contribution in [0.15, 0.2) is 41.0 Å². The number of nitrogens with one attached hydrogen (secondary N) is 1. The van der Waals surface area contributed by atoms with Crippen molar-refractivity contribution in [1.29, 1.82) is 0 Å². The first-order valence-corrected chi connectivity index (χ1v) is 8.04. The van der Waals surface area contributed by atoms with Crippen LogP contribution in [0.2, 0.25) is 0 Å². The lowest BCUT2D eigenvalue weighted by molar-refractivity contribution is -0.124. The van der Waals surface area contributed by atoms with Crippen LogP contribution >= 0.6 is 22.6 Å². The van der Waals surface area contributed by atoms with Crippen molar-refractivity contribution in [3.8, 4) is 5.75 Å². The topological polar surface area (TPSA) is 51.5 Å². The third kappa shape index (κ3) is 3.58. The minimum Gasteiger partial charge on any atom is -0.484 e. The van der Waals surface area contributed by atoms with Crippen molar-refractivity contribution in [2.45, 2.75) is 25.3 Å². The van der Waals surface area contributed by atoms with Crippen LogP contribution in [0.4, 0.5) is 0 Å². The van der Waals surface area contributed by atoms with Gasteiger partial charge in [0.2, 0.25) is 0 Å². The minimum absolute atomic E-state index is 0.0320. The highest BCUT2D eigenvalue weighted by Crippen LogP contribution is 2.30. The van der Waals surface area contributed by atoms with Gasteiger partial charge in [0, 0.05) is 15.6 Å². The second-order valence-corrected chi connectivity index (χ2v) is 6.30. The smallest absolute Gasteiger partial charge is 0.258 e. The zero-order chi connectivity index (χ0) is 14.7. The van der Waals surface area contributed by atoms with E-state index < -0.39 is 0 Å². The second kappa shape index (κ2) is 6.51. The molecule has 1 heterocycles. The predicted molar refractivity (Wildman–Crippen MR) is 87.2 cm³/mol. The molecule has 1 unspecified atom stereocenters. The molecule has 1 aliphatic rings. The number of ether oxygens (including phenoxy) is 1. The van der Waals surface area contributed by atoms with Crippen molar-refractivity contribution in [2.24, 2.45) is 0 Å². The summed E-state index contributed by atoms with van der Waals surface area (Å²) >= 11 is 2.23. The van der Waals surface area contributed by atoms with Gasteiger partial charge in [0.15, 0.2) is 6.61 Å². The van der Waals surface area contributed by atoms with Gasteiger partial charge in [-0.25, -0.2) is 0 Å². The molecule has 0 fully saturated rings. The average molecular weight is 397 g/mol. The number of halogens is 1. The fourth-order valence-corrected chi connectivity index (χ4v) is 2.91. The highest BCUT2D eigenvalue weighted by atomic mass is 127. The largest absolute Gasteiger partial charge is 0.484 e. The number of hydrogen-bond acceptors (Lipinski definition) is 3. The molecule has 0 saturated heterocycles. The van der Waals surface area contributed by atoms with Gasteiger partial charge in [0.05, 0.1) is 12.3 Å². The molecule has 0 aliphatic heterocycles. The van der Waals surface area contributed by atoms with Gasteiger partial charge in [-0.3, -0.25) is 4.79 Å². The van der Waals surface area contributed by atoms with Crippen LogP contribution in [0.3, 0.4) is 0 Å². The van der Waals surface area contributed by atoms with Crippen LogP contribution in [0.1, 0.15) is 30.2 Å². The number of fused-ring (bicyclic) bond motifs is 1. The minimum atomic E-state index is -0.104. The lowest BCUT2D eigenvalue weighted by atomic mass is 9.93. The maximum atomic E-state index is 12.0. The zero-order valence-electron chi connectivity index (χ0n) is 11.5. The molecule has 1 atom stereocenters. The first kappa shape index (κ1) is 14.4. The number of benzene rings is 1. The Morgan fingerprint density at radius 3 is 2.95 bits per heavy atom. The molecule has 1 aromatic carbocycles. The molecule has 1 aromatic heterocycles. The van der Waals surface area contributed by atoms with Gasteiger partial charge in [-0.1, -0.05) is 0 Å². The van der Waals surface area contributed by atoms with E-state index in [-0.39, 0.29) is 18.6 Å². The van der Waals surface area contributed by atoms with Crippen LogP contribution in [0, 0.1) is 3.57 Å². The van der Waals surface area contributed by atoms with Crippen molar-refractivity contribution in [3.05, 3.63) is 51.5 Å². The van der Waals surface area contributed by atoms with E-state index in [4.69, 9.17) is 9.15 Å². The number of aryl methyl sites for hydroxylation is 1. The molecule has 21 heavy (non-hydrogen) atoms. The quantitative estimate of drug-likeness (QED) is 0.805. The standard InChI is InChI=1S/C16H16INO3/c17-11-4-6-12(7-5-11)21-10-16(19)18-14-2-1-3-15-13(14)8-9-20-15/h4-9,14H,1-3,10H2,(H,18,19). The van der Waals surface area contributed by atoms with E-state index in [1.54, 1.807) is 6.26 Å². The van der Waals surface area contributed by atoms with Crippen molar-refractivity contribution >= 4 is 28.5 Å². The van der Waals surface area contributed by atoms with Crippen molar-refractivity contribution in [1.82, 2.24) is 5.32 Å². The van der Waals surface area contributed by atoms with Crippen LogP contribution in [-0.2, 0) is 11.2 Å². The number of rotatable bonds is 4. The summed E-state index contributed by atoms with van der Waals surface area (Å²) in [5.41, 5.74) is 1.10. The Morgan fingerprint density at radius 2 is 2.14 bits per heavy atom. The van der Waals surface area contributed by atoms with Crippen LogP contribution in [0.25, 0.3) is 0 Å². The van der Waals surface area contributed by atoms with E-state index in [2.05, 4.69) is 27.9 Å². The molecule has 0 spiro atoms. The molecular weight excluding hydrogens is 381 g/mol. The van der Waals surface area contributed by atoms with Gasteiger partial charge in [-0.2, -0.15) is 0 Å². The summed E-state index contributed by atoms with van der Waals surface area (Å²) in [6.45, 7) is 0.0320. The Morgan fingerprint density at radius 1 is 1.33 bits per heavy atom. The first-order chi connectivity index (χ1) is 10.2. The summed E-state index contributed by atoms with van der Waals surface area (Å²) < 4.78 is 12.1. The summed E-state index contributed by atoms with van der Waals surface area (Å²) in [7, 11) is 0. The van der Waals surface area contributed by atoms with Crippen molar-refractivity contribution in [3.63, 3.8) is 0 Å². The fourth-order valence-electron chi connectivity index (χ4n) is 2.55. The number of hydrogen-bond donors (Lipinski definition) is 1. The summed E-state index contributed by atoms with van der Waals surface area (Å²) in [6.07, 6.45) is 4.62. The highest BCUT2D eigenvalue weighted by Gasteiger charge is 2.23. The van der Waals surface area contributed by atoms with Gasteiger partial charge in [-0.15, -0.1) is 0 Å². The molecule has 1 N–H and O–H groups in total. The molecule has 0 saturated carbocycles. The van der Waals surface area contributed by atoms with Gasteiger partial charge in [-0.05, 0) is 65.8 Å². The molecule has 0 bridgehead atoms. The number of furan rings is 1. The zero-order valence-corrected chi connectivity index (χ0v) is 13.6. The monoisotopic (exact) mass is 397 g/mol. The normalized spacial score (nSPS) is 17.1. The van der Waals surface area contributed by atoms with Crippen LogP contribution < -0.4 is 10.1 Å². The fraction of sp³-hybridized carbons (Fsp3) is 0.312. The van der Waals surface area contributed by atoms with Crippen molar-refractivity contribution in [2.75, 3.05) is 6.61 Å². The van der Waals surface area contributed by atoms with E-state index in [1.165, 1.54) is 0 Å². The molecule has 1 amide bonds. The van der Waals surface area contributed by atoms with Crippen LogP contribution in [-0.4, -0.2) is 12.5 Å². The molecule has 4 nitrogen and oxygen atoms in total. The lowest BCUT2D eigenvalue weighted by Gasteiger charge is -2.22. The Kier molecular flexibility index (Phi) is 4.48. The molecule has 5 heteroatoms.